The van der Waals surface area contributed by atoms with Crippen LogP contribution in [-0.4, -0.2) is 39.5 Å². The lowest BCUT2D eigenvalue weighted by atomic mass is 9.79. The average molecular weight is 419 g/mol. The first kappa shape index (κ1) is 20.6. The Labute approximate surface area is 178 Å². The van der Waals surface area contributed by atoms with Crippen LogP contribution in [0.25, 0.3) is 0 Å². The third-order valence-electron chi connectivity index (χ3n) is 7.04. The van der Waals surface area contributed by atoms with E-state index in [0.717, 1.165) is 44.3 Å². The zero-order chi connectivity index (χ0) is 19.6. The molecule has 0 aromatic heterocycles. The van der Waals surface area contributed by atoms with Crippen molar-refractivity contribution in [3.8, 4) is 0 Å². The van der Waals surface area contributed by atoms with Gasteiger partial charge in [0.05, 0.1) is 4.08 Å². The van der Waals surface area contributed by atoms with Crippen LogP contribution < -0.4 is 5.32 Å². The number of thioether (sulfide) groups is 2. The Hall–Kier alpha value is -0.650. The number of hydrogen-bond donors (Lipinski definition) is 1. The Bertz CT molecular complexity index is 652. The van der Waals surface area contributed by atoms with E-state index in [1.54, 1.807) is 0 Å². The summed E-state index contributed by atoms with van der Waals surface area (Å²) in [5, 5.41) is 3.24. The lowest BCUT2D eigenvalue weighted by Crippen LogP contribution is -2.42. The number of hydrogen-bond acceptors (Lipinski definition) is 4. The van der Waals surface area contributed by atoms with Gasteiger partial charge < -0.3 is 5.32 Å². The quantitative estimate of drug-likeness (QED) is 0.692. The van der Waals surface area contributed by atoms with Crippen molar-refractivity contribution in [1.82, 2.24) is 10.2 Å². The van der Waals surface area contributed by atoms with Crippen molar-refractivity contribution in [2.24, 2.45) is 17.8 Å². The van der Waals surface area contributed by atoms with Gasteiger partial charge in [-0.25, -0.2) is 0 Å². The van der Waals surface area contributed by atoms with Crippen LogP contribution in [0.3, 0.4) is 0 Å². The summed E-state index contributed by atoms with van der Waals surface area (Å²) < 4.78 is 0.470. The van der Waals surface area contributed by atoms with Crippen LogP contribution >= 0.6 is 23.5 Å². The number of benzene rings is 1. The molecule has 1 aromatic carbocycles. The molecule has 3 aliphatic rings. The first-order chi connectivity index (χ1) is 13.6. The standard InChI is InChI=1S/C23H34N2OS2/c1-3-25(4-2)16-18-7-5-17(6-8-18)15-24-22(26)19-13-20-9-10-21(14-19)23(20)27-11-12-28-23/h5-8,19-21H,3-4,9-16H2,1-2H3,(H,24,26)/t19?,20-,21+. The topological polar surface area (TPSA) is 32.3 Å². The molecule has 2 saturated carbocycles. The highest BCUT2D eigenvalue weighted by molar-refractivity contribution is 8.21. The Morgan fingerprint density at radius 2 is 1.61 bits per heavy atom. The summed E-state index contributed by atoms with van der Waals surface area (Å²) in [4.78, 5) is 15.3. The molecule has 1 spiro atoms. The summed E-state index contributed by atoms with van der Waals surface area (Å²) in [5.74, 6) is 4.62. The first-order valence-corrected chi connectivity index (χ1v) is 13.0. The highest BCUT2D eigenvalue weighted by Crippen LogP contribution is 2.65. The number of carbonyl (C=O) groups excluding carboxylic acids is 1. The van der Waals surface area contributed by atoms with Crippen LogP contribution in [0.4, 0.5) is 0 Å². The monoisotopic (exact) mass is 418 g/mol. The van der Waals surface area contributed by atoms with E-state index in [0.29, 0.717) is 10.6 Å². The molecule has 154 valence electrons. The normalized spacial score (nSPS) is 28.2. The molecule has 3 fully saturated rings. The van der Waals surface area contributed by atoms with E-state index in [4.69, 9.17) is 0 Å². The Morgan fingerprint density at radius 1 is 1.04 bits per heavy atom. The first-order valence-electron chi connectivity index (χ1n) is 11.0. The fourth-order valence-corrected chi connectivity index (χ4v) is 9.35. The van der Waals surface area contributed by atoms with Crippen LogP contribution in [-0.2, 0) is 17.9 Å². The minimum Gasteiger partial charge on any atom is -0.352 e. The molecule has 4 rings (SSSR count). The predicted octanol–water partition coefficient (Wildman–Crippen LogP) is 4.76. The Kier molecular flexibility index (Phi) is 6.63. The molecule has 2 bridgehead atoms. The lowest BCUT2D eigenvalue weighted by molar-refractivity contribution is -0.126. The van der Waals surface area contributed by atoms with Crippen LogP contribution in [0.1, 0.15) is 50.7 Å². The van der Waals surface area contributed by atoms with E-state index in [1.165, 1.54) is 35.5 Å². The summed E-state index contributed by atoms with van der Waals surface area (Å²) in [6, 6.07) is 8.76. The molecular weight excluding hydrogens is 384 g/mol. The van der Waals surface area contributed by atoms with Crippen molar-refractivity contribution in [2.45, 2.75) is 56.7 Å². The number of nitrogens with one attached hydrogen (secondary N) is 1. The molecule has 0 radical (unpaired) electrons. The van der Waals surface area contributed by atoms with Gasteiger partial charge in [0.15, 0.2) is 0 Å². The summed E-state index contributed by atoms with van der Waals surface area (Å²) in [6.45, 7) is 8.23. The van der Waals surface area contributed by atoms with E-state index in [9.17, 15) is 4.79 Å². The molecule has 1 aliphatic heterocycles. The second kappa shape index (κ2) is 9.01. The zero-order valence-corrected chi connectivity index (χ0v) is 18.9. The predicted molar refractivity (Wildman–Crippen MR) is 121 cm³/mol. The zero-order valence-electron chi connectivity index (χ0n) is 17.3. The molecule has 1 heterocycles. The van der Waals surface area contributed by atoms with Crippen molar-refractivity contribution in [3.05, 3.63) is 35.4 Å². The van der Waals surface area contributed by atoms with E-state index < -0.39 is 0 Å². The summed E-state index contributed by atoms with van der Waals surface area (Å²) >= 11 is 4.41. The molecule has 28 heavy (non-hydrogen) atoms. The van der Waals surface area contributed by atoms with Crippen LogP contribution in [0.15, 0.2) is 24.3 Å². The smallest absolute Gasteiger partial charge is 0.223 e. The summed E-state index contributed by atoms with van der Waals surface area (Å²) in [6.07, 6.45) is 4.88. The van der Waals surface area contributed by atoms with Gasteiger partial charge in [-0.2, -0.15) is 0 Å². The second-order valence-electron chi connectivity index (χ2n) is 8.55. The molecule has 2 aliphatic carbocycles. The summed E-state index contributed by atoms with van der Waals surface area (Å²) in [5.41, 5.74) is 2.55. The molecule has 1 saturated heterocycles. The maximum absolute atomic E-state index is 12.9. The molecular formula is C23H34N2OS2. The van der Waals surface area contributed by atoms with Crippen LogP contribution in [0.2, 0.25) is 0 Å². The molecule has 3 atom stereocenters. The maximum Gasteiger partial charge on any atom is 0.223 e. The minimum absolute atomic E-state index is 0.229. The fraction of sp³-hybridized carbons (Fsp3) is 0.696. The van der Waals surface area contributed by atoms with Gasteiger partial charge in [-0.1, -0.05) is 38.1 Å². The largest absolute Gasteiger partial charge is 0.352 e. The van der Waals surface area contributed by atoms with Gasteiger partial charge in [-0.15, -0.1) is 23.5 Å². The van der Waals surface area contributed by atoms with Gasteiger partial charge >= 0.3 is 0 Å². The van der Waals surface area contributed by atoms with Gasteiger partial charge in [-0.05, 0) is 61.7 Å². The molecule has 1 N–H and O–H groups in total. The van der Waals surface area contributed by atoms with Crippen molar-refractivity contribution in [1.29, 1.82) is 0 Å². The molecule has 3 nitrogen and oxygen atoms in total. The number of carbonyl (C=O) groups is 1. The van der Waals surface area contributed by atoms with Crippen LogP contribution in [0, 0.1) is 17.8 Å². The van der Waals surface area contributed by atoms with E-state index in [1.807, 2.05) is 0 Å². The van der Waals surface area contributed by atoms with Crippen molar-refractivity contribution >= 4 is 29.4 Å². The van der Waals surface area contributed by atoms with Gasteiger partial charge in [-0.3, -0.25) is 9.69 Å². The molecule has 1 unspecified atom stereocenters. The van der Waals surface area contributed by atoms with E-state index >= 15 is 0 Å². The van der Waals surface area contributed by atoms with Gasteiger partial charge in [0, 0.05) is 30.5 Å². The fourth-order valence-electron chi connectivity index (χ4n) is 5.42. The molecule has 1 aromatic rings. The van der Waals surface area contributed by atoms with Gasteiger partial charge in [0.2, 0.25) is 5.91 Å². The molecule has 5 heteroatoms. The van der Waals surface area contributed by atoms with E-state index in [2.05, 4.69) is 71.9 Å². The third kappa shape index (κ3) is 4.13. The third-order valence-corrected chi connectivity index (χ3v) is 11.1. The number of rotatable bonds is 7. The van der Waals surface area contributed by atoms with Crippen molar-refractivity contribution in [3.63, 3.8) is 0 Å². The van der Waals surface area contributed by atoms with Crippen molar-refractivity contribution in [2.75, 3.05) is 24.6 Å². The summed E-state index contributed by atoms with van der Waals surface area (Å²) in [7, 11) is 0. The van der Waals surface area contributed by atoms with Crippen molar-refractivity contribution < 1.29 is 4.79 Å². The Balaban J connectivity index is 1.28. The van der Waals surface area contributed by atoms with Crippen LogP contribution in [0.5, 0.6) is 0 Å². The van der Waals surface area contributed by atoms with Gasteiger partial charge in [0.25, 0.3) is 0 Å². The SMILES string of the molecule is CCN(CC)Cc1ccc(CNC(=O)C2C[C@H]3CC[C@@H](C2)C32SCCS2)cc1. The Morgan fingerprint density at radius 3 is 2.18 bits per heavy atom. The lowest BCUT2D eigenvalue weighted by Gasteiger charge is -2.42. The van der Waals surface area contributed by atoms with Gasteiger partial charge in [0.1, 0.15) is 0 Å². The number of amides is 1. The highest BCUT2D eigenvalue weighted by Gasteiger charge is 2.57. The molecule has 1 amide bonds. The highest BCUT2D eigenvalue weighted by atomic mass is 32.2. The number of nitrogens with zero attached hydrogens (tertiary/aromatic N) is 1. The maximum atomic E-state index is 12.9. The minimum atomic E-state index is 0.229. The second-order valence-corrected chi connectivity index (χ2v) is 11.6. The average Bonchev–Trinajstić information content (AvgIpc) is 3.26. The van der Waals surface area contributed by atoms with E-state index in [-0.39, 0.29) is 11.8 Å².